The number of pyridine rings is 1. The van der Waals surface area contributed by atoms with Crippen LogP contribution in [0.4, 0.5) is 10.1 Å². The van der Waals surface area contributed by atoms with Crippen LogP contribution in [0.3, 0.4) is 0 Å². The number of carbonyl (C=O) groups is 1. The smallest absolute Gasteiger partial charge is 0.238 e. The summed E-state index contributed by atoms with van der Waals surface area (Å²) >= 11 is 5.98. The average Bonchev–Trinajstić information content (AvgIpc) is 2.70. The summed E-state index contributed by atoms with van der Waals surface area (Å²) in [5.41, 5.74) is 3.36. The molecule has 0 aliphatic carbocycles. The molecule has 0 aliphatic heterocycles. The highest BCUT2D eigenvalue weighted by atomic mass is 35.5. The maximum atomic E-state index is 13.8. The lowest BCUT2D eigenvalue weighted by Crippen LogP contribution is -2.32. The maximum absolute atomic E-state index is 13.8. The van der Waals surface area contributed by atoms with Crippen LogP contribution in [0.1, 0.15) is 29.7 Å². The third-order valence-electron chi connectivity index (χ3n) is 4.40. The normalized spacial score (nSPS) is 11.8. The molecule has 2 aromatic carbocycles. The molecule has 0 saturated heterocycles. The standard InChI is InChI=1S/C22H21ClFN3O/c1-2-15-8-10-16(11-9-15)21(17-5-3-6-18(24)13-17)26-14-20(28)27-19-7-4-12-25-22(19)23/h3-13,21,26H,2,14H2,1H3,(H,27,28)/t21-/m1/s1. The number of rotatable bonds is 7. The van der Waals surface area contributed by atoms with Crippen molar-refractivity contribution < 1.29 is 9.18 Å². The van der Waals surface area contributed by atoms with E-state index >= 15 is 0 Å². The van der Waals surface area contributed by atoms with Crippen LogP contribution in [-0.2, 0) is 11.2 Å². The number of anilines is 1. The second kappa shape index (κ2) is 9.44. The molecule has 1 amide bonds. The monoisotopic (exact) mass is 397 g/mol. The van der Waals surface area contributed by atoms with Crippen molar-refractivity contribution in [2.45, 2.75) is 19.4 Å². The van der Waals surface area contributed by atoms with Gasteiger partial charge in [-0.15, -0.1) is 0 Å². The van der Waals surface area contributed by atoms with Crippen molar-refractivity contribution in [2.24, 2.45) is 0 Å². The first-order valence-electron chi connectivity index (χ1n) is 9.05. The van der Waals surface area contributed by atoms with E-state index in [9.17, 15) is 9.18 Å². The summed E-state index contributed by atoms with van der Waals surface area (Å²) in [6, 6.07) is 17.5. The molecule has 1 aromatic heterocycles. The molecule has 0 radical (unpaired) electrons. The summed E-state index contributed by atoms with van der Waals surface area (Å²) in [7, 11) is 0. The number of halogens is 2. The highest BCUT2D eigenvalue weighted by molar-refractivity contribution is 6.32. The molecule has 144 valence electrons. The van der Waals surface area contributed by atoms with E-state index in [-0.39, 0.29) is 29.5 Å². The Morgan fingerprint density at radius 1 is 1.11 bits per heavy atom. The van der Waals surface area contributed by atoms with Gasteiger partial charge in [0.1, 0.15) is 5.82 Å². The minimum absolute atomic E-state index is 0.0297. The fourth-order valence-electron chi connectivity index (χ4n) is 2.93. The number of carbonyl (C=O) groups excluding carboxylic acids is 1. The molecule has 0 bridgehead atoms. The van der Waals surface area contributed by atoms with Gasteiger partial charge in [0, 0.05) is 6.20 Å². The fraction of sp³-hybridized carbons (Fsp3) is 0.182. The summed E-state index contributed by atoms with van der Waals surface area (Å²) in [4.78, 5) is 16.3. The molecule has 0 saturated carbocycles. The topological polar surface area (TPSA) is 54.0 Å². The highest BCUT2D eigenvalue weighted by Crippen LogP contribution is 2.23. The summed E-state index contributed by atoms with van der Waals surface area (Å²) < 4.78 is 13.8. The van der Waals surface area contributed by atoms with Crippen LogP contribution in [0.25, 0.3) is 0 Å². The maximum Gasteiger partial charge on any atom is 0.238 e. The van der Waals surface area contributed by atoms with Gasteiger partial charge in [-0.1, -0.05) is 54.9 Å². The number of benzene rings is 2. The largest absolute Gasteiger partial charge is 0.322 e. The van der Waals surface area contributed by atoms with Crippen LogP contribution in [-0.4, -0.2) is 17.4 Å². The van der Waals surface area contributed by atoms with Gasteiger partial charge in [0.15, 0.2) is 5.15 Å². The number of hydrogen-bond donors (Lipinski definition) is 2. The van der Waals surface area contributed by atoms with Crippen molar-refractivity contribution >= 4 is 23.2 Å². The fourth-order valence-corrected chi connectivity index (χ4v) is 3.10. The average molecular weight is 398 g/mol. The van der Waals surface area contributed by atoms with Crippen LogP contribution < -0.4 is 10.6 Å². The minimum atomic E-state index is -0.322. The number of hydrogen-bond acceptors (Lipinski definition) is 3. The zero-order chi connectivity index (χ0) is 19.9. The molecule has 0 aliphatic rings. The lowest BCUT2D eigenvalue weighted by Gasteiger charge is -2.20. The first kappa shape index (κ1) is 20.0. The van der Waals surface area contributed by atoms with E-state index in [1.807, 2.05) is 30.3 Å². The molecule has 1 atom stereocenters. The molecule has 28 heavy (non-hydrogen) atoms. The summed E-state index contributed by atoms with van der Waals surface area (Å²) in [5.74, 6) is -0.581. The zero-order valence-corrected chi connectivity index (χ0v) is 16.2. The van der Waals surface area contributed by atoms with E-state index < -0.39 is 0 Å². The van der Waals surface area contributed by atoms with Gasteiger partial charge in [0.05, 0.1) is 18.3 Å². The van der Waals surface area contributed by atoms with Gasteiger partial charge < -0.3 is 5.32 Å². The molecule has 0 fully saturated rings. The number of aromatic nitrogens is 1. The summed E-state index contributed by atoms with van der Waals surface area (Å²) in [6.07, 6.45) is 2.49. The van der Waals surface area contributed by atoms with Gasteiger partial charge in [-0.25, -0.2) is 9.37 Å². The predicted molar refractivity (Wildman–Crippen MR) is 110 cm³/mol. The molecule has 4 nitrogen and oxygen atoms in total. The van der Waals surface area contributed by atoms with E-state index in [1.165, 1.54) is 17.7 Å². The number of nitrogens with one attached hydrogen (secondary N) is 2. The van der Waals surface area contributed by atoms with Crippen LogP contribution in [0.15, 0.2) is 66.9 Å². The van der Waals surface area contributed by atoms with Gasteiger partial charge >= 0.3 is 0 Å². The summed E-state index contributed by atoms with van der Waals surface area (Å²) in [6.45, 7) is 2.12. The number of amides is 1. The Morgan fingerprint density at radius 2 is 1.89 bits per heavy atom. The second-order valence-electron chi connectivity index (χ2n) is 6.35. The molecule has 3 aromatic rings. The van der Waals surface area contributed by atoms with Crippen molar-refractivity contribution in [1.82, 2.24) is 10.3 Å². The molecule has 1 heterocycles. The molecule has 0 spiro atoms. The van der Waals surface area contributed by atoms with Gasteiger partial charge in [0.2, 0.25) is 5.91 Å². The zero-order valence-electron chi connectivity index (χ0n) is 15.5. The van der Waals surface area contributed by atoms with Crippen LogP contribution in [0, 0.1) is 5.82 Å². The Bertz CT molecular complexity index is 947. The Kier molecular flexibility index (Phi) is 6.74. The van der Waals surface area contributed by atoms with Crippen LogP contribution >= 0.6 is 11.6 Å². The molecular formula is C22H21ClFN3O. The van der Waals surface area contributed by atoms with Crippen molar-refractivity contribution in [1.29, 1.82) is 0 Å². The van der Waals surface area contributed by atoms with E-state index in [0.29, 0.717) is 5.69 Å². The lowest BCUT2D eigenvalue weighted by atomic mass is 9.97. The molecule has 6 heteroatoms. The Labute approximate surface area is 168 Å². The van der Waals surface area contributed by atoms with E-state index in [0.717, 1.165) is 17.5 Å². The van der Waals surface area contributed by atoms with Gasteiger partial charge in [0.25, 0.3) is 0 Å². The van der Waals surface area contributed by atoms with Crippen molar-refractivity contribution in [3.05, 3.63) is 94.5 Å². The molecule has 2 N–H and O–H groups in total. The number of nitrogens with zero attached hydrogens (tertiary/aromatic N) is 1. The minimum Gasteiger partial charge on any atom is -0.322 e. The quantitative estimate of drug-likeness (QED) is 0.565. The molecule has 0 unspecified atom stereocenters. The Morgan fingerprint density at radius 3 is 2.57 bits per heavy atom. The van der Waals surface area contributed by atoms with Crippen LogP contribution in [0.2, 0.25) is 5.15 Å². The lowest BCUT2D eigenvalue weighted by molar-refractivity contribution is -0.115. The first-order valence-corrected chi connectivity index (χ1v) is 9.42. The van der Waals surface area contributed by atoms with Crippen molar-refractivity contribution in [3.8, 4) is 0 Å². The van der Waals surface area contributed by atoms with Crippen molar-refractivity contribution in [2.75, 3.05) is 11.9 Å². The predicted octanol–water partition coefficient (Wildman–Crippen LogP) is 4.75. The van der Waals surface area contributed by atoms with Crippen LogP contribution in [0.5, 0.6) is 0 Å². The highest BCUT2D eigenvalue weighted by Gasteiger charge is 2.16. The van der Waals surface area contributed by atoms with E-state index in [2.05, 4.69) is 22.5 Å². The Hall–Kier alpha value is -2.76. The van der Waals surface area contributed by atoms with E-state index in [4.69, 9.17) is 11.6 Å². The molecule has 3 rings (SSSR count). The van der Waals surface area contributed by atoms with Gasteiger partial charge in [-0.2, -0.15) is 0 Å². The van der Waals surface area contributed by atoms with Gasteiger partial charge in [-0.3, -0.25) is 10.1 Å². The Balaban J connectivity index is 1.77. The van der Waals surface area contributed by atoms with E-state index in [1.54, 1.807) is 24.4 Å². The second-order valence-corrected chi connectivity index (χ2v) is 6.71. The SMILES string of the molecule is CCc1ccc([C@@H](NCC(=O)Nc2cccnc2Cl)c2cccc(F)c2)cc1. The molecular weight excluding hydrogens is 377 g/mol. The third-order valence-corrected chi connectivity index (χ3v) is 4.70. The summed E-state index contributed by atoms with van der Waals surface area (Å²) in [5, 5.41) is 6.17. The first-order chi connectivity index (χ1) is 13.6. The third kappa shape index (κ3) is 5.15. The number of aryl methyl sites for hydroxylation is 1. The van der Waals surface area contributed by atoms with Gasteiger partial charge in [-0.05, 0) is 47.4 Å². The van der Waals surface area contributed by atoms with Crippen molar-refractivity contribution in [3.63, 3.8) is 0 Å².